The van der Waals surface area contributed by atoms with E-state index in [1.54, 1.807) is 19.1 Å². The van der Waals surface area contributed by atoms with Gasteiger partial charge < -0.3 is 19.4 Å². The lowest BCUT2D eigenvalue weighted by molar-refractivity contribution is -0.128. The van der Waals surface area contributed by atoms with Crippen molar-refractivity contribution in [3.63, 3.8) is 0 Å². The molecule has 1 N–H and O–H groups in total. The highest BCUT2D eigenvalue weighted by Crippen LogP contribution is 2.34. The maximum Gasteiger partial charge on any atom is 0.295 e. The van der Waals surface area contributed by atoms with Crippen molar-refractivity contribution >= 4 is 22.6 Å². The average Bonchev–Trinajstić information content (AvgIpc) is 3.00. The number of amides is 1. The van der Waals surface area contributed by atoms with E-state index >= 15 is 0 Å². The number of hydrogen-bond donors (Lipinski definition) is 1. The zero-order chi connectivity index (χ0) is 18.8. The molecule has 1 saturated heterocycles. The SMILES string of the molecule is COc1cc2[nH]c(C)c(C(=O)C(=O)N3CCN(N=O)CC3)c2cc1OC. The first-order chi connectivity index (χ1) is 12.5. The second-order valence-corrected chi connectivity index (χ2v) is 6.03. The Morgan fingerprint density at radius 2 is 1.69 bits per heavy atom. The number of fused-ring (bicyclic) bond motifs is 1. The van der Waals surface area contributed by atoms with Gasteiger partial charge in [0.05, 0.1) is 43.7 Å². The van der Waals surface area contributed by atoms with Crippen LogP contribution in [0.15, 0.2) is 17.4 Å². The average molecular weight is 360 g/mol. The molecule has 0 radical (unpaired) electrons. The first-order valence-electron chi connectivity index (χ1n) is 8.16. The van der Waals surface area contributed by atoms with E-state index in [1.165, 1.54) is 24.1 Å². The van der Waals surface area contributed by atoms with Gasteiger partial charge in [-0.2, -0.15) is 0 Å². The number of aromatic nitrogens is 1. The molecule has 1 amide bonds. The molecule has 0 saturated carbocycles. The number of nitroso groups, excluding NO2 is 1. The molecule has 1 aliphatic heterocycles. The second kappa shape index (κ2) is 7.03. The smallest absolute Gasteiger partial charge is 0.295 e. The summed E-state index contributed by atoms with van der Waals surface area (Å²) in [6.07, 6.45) is 0. The molecule has 2 aromatic rings. The van der Waals surface area contributed by atoms with Crippen molar-refractivity contribution in [2.45, 2.75) is 6.92 Å². The summed E-state index contributed by atoms with van der Waals surface area (Å²) < 4.78 is 10.6. The monoisotopic (exact) mass is 360 g/mol. The van der Waals surface area contributed by atoms with Gasteiger partial charge in [-0.05, 0) is 13.0 Å². The Morgan fingerprint density at radius 1 is 1.08 bits per heavy atom. The number of Topliss-reactive ketones (excluding diaryl/α,β-unsaturated/α-hetero) is 1. The van der Waals surface area contributed by atoms with Crippen molar-refractivity contribution in [2.75, 3.05) is 40.4 Å². The number of aryl methyl sites for hydroxylation is 1. The summed E-state index contributed by atoms with van der Waals surface area (Å²) in [6, 6.07) is 3.42. The van der Waals surface area contributed by atoms with Crippen LogP contribution in [0, 0.1) is 11.8 Å². The minimum absolute atomic E-state index is 0.287. The number of carbonyl (C=O) groups excluding carboxylic acids is 2. The van der Waals surface area contributed by atoms with E-state index < -0.39 is 11.7 Å². The summed E-state index contributed by atoms with van der Waals surface area (Å²) in [7, 11) is 3.04. The molecule has 1 aliphatic rings. The van der Waals surface area contributed by atoms with E-state index in [0.29, 0.717) is 46.7 Å². The second-order valence-electron chi connectivity index (χ2n) is 6.03. The fraction of sp³-hybridized carbons (Fsp3) is 0.412. The number of piperazine rings is 1. The molecular formula is C17H20N4O5. The molecule has 0 unspecified atom stereocenters. The first kappa shape index (κ1) is 17.7. The number of hydrogen-bond acceptors (Lipinski definition) is 6. The number of H-pyrrole nitrogens is 1. The number of nitrogens with zero attached hydrogens (tertiary/aromatic N) is 3. The quantitative estimate of drug-likeness (QED) is 0.492. The lowest BCUT2D eigenvalue weighted by atomic mass is 10.0. The minimum Gasteiger partial charge on any atom is -0.493 e. The van der Waals surface area contributed by atoms with E-state index in [4.69, 9.17) is 9.47 Å². The highest BCUT2D eigenvalue weighted by Gasteiger charge is 2.30. The van der Waals surface area contributed by atoms with Crippen LogP contribution in [0.3, 0.4) is 0 Å². The molecule has 2 heterocycles. The lowest BCUT2D eigenvalue weighted by Crippen LogP contribution is -2.48. The van der Waals surface area contributed by atoms with Crippen molar-refractivity contribution in [1.82, 2.24) is 14.9 Å². The van der Waals surface area contributed by atoms with Crippen molar-refractivity contribution in [3.05, 3.63) is 28.3 Å². The van der Waals surface area contributed by atoms with Gasteiger partial charge in [-0.25, -0.2) is 0 Å². The fourth-order valence-corrected chi connectivity index (χ4v) is 3.18. The van der Waals surface area contributed by atoms with Gasteiger partial charge in [-0.3, -0.25) is 14.6 Å². The Balaban J connectivity index is 1.94. The maximum absolute atomic E-state index is 12.9. The van der Waals surface area contributed by atoms with Crippen LogP contribution in [-0.2, 0) is 4.79 Å². The Labute approximate surface area is 149 Å². The number of aromatic amines is 1. The minimum atomic E-state index is -0.589. The zero-order valence-corrected chi connectivity index (χ0v) is 14.9. The van der Waals surface area contributed by atoms with Crippen LogP contribution in [0.5, 0.6) is 11.5 Å². The number of carbonyl (C=O) groups is 2. The summed E-state index contributed by atoms with van der Waals surface area (Å²) >= 11 is 0. The number of benzene rings is 1. The fourth-order valence-electron chi connectivity index (χ4n) is 3.18. The number of ketones is 1. The van der Waals surface area contributed by atoms with Gasteiger partial charge in [0.1, 0.15) is 0 Å². The lowest BCUT2D eigenvalue weighted by Gasteiger charge is -2.30. The standard InChI is InChI=1S/C17H20N4O5/c1-10-15(11-8-13(25-2)14(26-3)9-12(11)18-10)16(22)17(23)20-4-6-21(19-24)7-5-20/h8-9,18H,4-7H2,1-3H3. The molecule has 9 heteroatoms. The molecule has 3 rings (SSSR count). The molecule has 1 aromatic carbocycles. The third-order valence-corrected chi connectivity index (χ3v) is 4.57. The highest BCUT2D eigenvalue weighted by molar-refractivity contribution is 6.45. The molecule has 1 fully saturated rings. The largest absolute Gasteiger partial charge is 0.493 e. The van der Waals surface area contributed by atoms with Crippen LogP contribution >= 0.6 is 0 Å². The van der Waals surface area contributed by atoms with Crippen molar-refractivity contribution in [2.24, 2.45) is 5.29 Å². The van der Waals surface area contributed by atoms with Crippen LogP contribution in [0.1, 0.15) is 16.1 Å². The third-order valence-electron chi connectivity index (χ3n) is 4.57. The Hall–Kier alpha value is -3.10. The number of nitrogens with one attached hydrogen (secondary N) is 1. The van der Waals surface area contributed by atoms with Gasteiger partial charge in [0, 0.05) is 30.2 Å². The van der Waals surface area contributed by atoms with E-state index in [1.807, 2.05) is 0 Å². The molecule has 138 valence electrons. The summed E-state index contributed by atoms with van der Waals surface area (Å²) in [5.41, 5.74) is 1.61. The van der Waals surface area contributed by atoms with Gasteiger partial charge in [0.15, 0.2) is 11.5 Å². The Morgan fingerprint density at radius 3 is 2.27 bits per heavy atom. The van der Waals surface area contributed by atoms with E-state index in [-0.39, 0.29) is 13.1 Å². The highest BCUT2D eigenvalue weighted by atomic mass is 16.5. The predicted molar refractivity (Wildman–Crippen MR) is 94.4 cm³/mol. The molecule has 0 spiro atoms. The topological polar surface area (TPSA) is 104 Å². The number of rotatable bonds is 5. The Kier molecular flexibility index (Phi) is 4.79. The number of methoxy groups -OCH3 is 2. The first-order valence-corrected chi connectivity index (χ1v) is 8.16. The zero-order valence-electron chi connectivity index (χ0n) is 14.9. The van der Waals surface area contributed by atoms with Crippen molar-refractivity contribution < 1.29 is 19.1 Å². The molecular weight excluding hydrogens is 340 g/mol. The predicted octanol–water partition coefficient (Wildman–Crippen LogP) is 1.50. The van der Waals surface area contributed by atoms with Gasteiger partial charge in [0.25, 0.3) is 11.7 Å². The van der Waals surface area contributed by atoms with Crippen LogP contribution in [0.2, 0.25) is 0 Å². The van der Waals surface area contributed by atoms with E-state index in [2.05, 4.69) is 10.3 Å². The van der Waals surface area contributed by atoms with Crippen molar-refractivity contribution in [3.8, 4) is 11.5 Å². The summed E-state index contributed by atoms with van der Waals surface area (Å²) in [5, 5.41) is 4.80. The van der Waals surface area contributed by atoms with E-state index in [0.717, 1.165) is 0 Å². The summed E-state index contributed by atoms with van der Waals surface area (Å²) in [4.78, 5) is 40.6. The molecule has 1 aromatic heterocycles. The molecule has 9 nitrogen and oxygen atoms in total. The van der Waals surface area contributed by atoms with Gasteiger partial charge in [0.2, 0.25) is 0 Å². The normalized spacial score (nSPS) is 14.4. The van der Waals surface area contributed by atoms with Crippen LogP contribution in [0.25, 0.3) is 10.9 Å². The van der Waals surface area contributed by atoms with E-state index in [9.17, 15) is 14.5 Å². The molecule has 0 aliphatic carbocycles. The Bertz CT molecular complexity index is 868. The van der Waals surface area contributed by atoms with Crippen molar-refractivity contribution in [1.29, 1.82) is 0 Å². The van der Waals surface area contributed by atoms with Gasteiger partial charge >= 0.3 is 0 Å². The van der Waals surface area contributed by atoms with Crippen LogP contribution < -0.4 is 9.47 Å². The molecule has 0 atom stereocenters. The van der Waals surface area contributed by atoms with Gasteiger partial charge in [-0.1, -0.05) is 0 Å². The van der Waals surface area contributed by atoms with Gasteiger partial charge in [-0.15, -0.1) is 4.91 Å². The summed E-state index contributed by atoms with van der Waals surface area (Å²) in [5.74, 6) is -0.168. The van der Waals surface area contributed by atoms with Crippen LogP contribution in [-0.4, -0.2) is 67.0 Å². The third kappa shape index (κ3) is 2.96. The summed E-state index contributed by atoms with van der Waals surface area (Å²) in [6.45, 7) is 2.96. The molecule has 0 bridgehead atoms. The maximum atomic E-state index is 12.9. The van der Waals surface area contributed by atoms with Crippen LogP contribution in [0.4, 0.5) is 0 Å². The number of ether oxygens (including phenoxy) is 2. The molecule has 26 heavy (non-hydrogen) atoms.